The molecule has 2 heterocycles. The van der Waals surface area contributed by atoms with Gasteiger partial charge in [0.05, 0.1) is 18.9 Å². The lowest BCUT2D eigenvalue weighted by molar-refractivity contribution is -0.141. The Morgan fingerprint density at radius 1 is 1.42 bits per heavy atom. The number of likely N-dealkylation sites (N-methyl/N-ethyl adjacent to an activating group) is 1. The zero-order valence-electron chi connectivity index (χ0n) is 10.5. The van der Waals surface area contributed by atoms with Crippen LogP contribution in [0.4, 0.5) is 5.69 Å². The van der Waals surface area contributed by atoms with E-state index in [2.05, 4.69) is 0 Å². The number of rotatable bonds is 2. The molecule has 2 aliphatic heterocycles. The van der Waals surface area contributed by atoms with Gasteiger partial charge in [-0.25, -0.2) is 0 Å². The van der Waals surface area contributed by atoms with E-state index in [0.717, 1.165) is 5.56 Å². The van der Waals surface area contributed by atoms with E-state index in [1.165, 1.54) is 4.90 Å². The van der Waals surface area contributed by atoms with Gasteiger partial charge in [-0.05, 0) is 17.7 Å². The molecule has 19 heavy (non-hydrogen) atoms. The predicted molar refractivity (Wildman–Crippen MR) is 67.0 cm³/mol. The first-order chi connectivity index (χ1) is 9.04. The summed E-state index contributed by atoms with van der Waals surface area (Å²) in [7, 11) is 1.68. The third kappa shape index (κ3) is 1.60. The molecule has 0 unspecified atom stereocenters. The van der Waals surface area contributed by atoms with E-state index >= 15 is 0 Å². The zero-order valence-corrected chi connectivity index (χ0v) is 10.5. The fraction of sp³-hybridized carbons (Fsp3) is 0.385. The van der Waals surface area contributed by atoms with Crippen molar-refractivity contribution in [3.63, 3.8) is 0 Å². The van der Waals surface area contributed by atoms with Crippen LogP contribution < -0.4 is 15.4 Å². The molecule has 0 spiro atoms. The lowest BCUT2D eigenvalue weighted by Gasteiger charge is -2.39. The fourth-order valence-corrected chi connectivity index (χ4v) is 2.33. The molecule has 2 amide bonds. The van der Waals surface area contributed by atoms with Crippen molar-refractivity contribution in [1.29, 1.82) is 0 Å². The number of nitrogens with zero attached hydrogens (tertiary/aromatic N) is 1. The molecule has 1 saturated heterocycles. The van der Waals surface area contributed by atoms with Crippen LogP contribution in [0.25, 0.3) is 0 Å². The van der Waals surface area contributed by atoms with E-state index < -0.39 is 11.3 Å². The fourth-order valence-electron chi connectivity index (χ4n) is 2.33. The van der Waals surface area contributed by atoms with E-state index in [0.29, 0.717) is 11.4 Å². The number of hydrogen-bond acceptors (Lipinski definition) is 4. The van der Waals surface area contributed by atoms with Gasteiger partial charge in [-0.2, -0.15) is 0 Å². The van der Waals surface area contributed by atoms with E-state index in [9.17, 15) is 9.59 Å². The minimum atomic E-state index is -0.781. The van der Waals surface area contributed by atoms with Crippen LogP contribution >= 0.6 is 0 Å². The van der Waals surface area contributed by atoms with E-state index in [-0.39, 0.29) is 25.7 Å². The molecular formula is C13H14N2O4. The standard InChI is InChI=1S/C13H14N2O4/c1-15-9-4-8(13(12(14)17)6-18-7-13)2-3-10(9)19-5-11(15)16/h2-4H,5-7H2,1H3,(H2,14,17). The Morgan fingerprint density at radius 3 is 2.74 bits per heavy atom. The topological polar surface area (TPSA) is 81.9 Å². The minimum Gasteiger partial charge on any atom is -0.482 e. The molecule has 0 radical (unpaired) electrons. The second kappa shape index (κ2) is 3.96. The molecule has 1 aromatic carbocycles. The molecule has 3 rings (SSSR count). The maximum Gasteiger partial charge on any atom is 0.264 e. The summed E-state index contributed by atoms with van der Waals surface area (Å²) in [6, 6.07) is 5.34. The van der Waals surface area contributed by atoms with Crippen LogP contribution in [-0.2, 0) is 19.7 Å². The number of hydrogen-bond donors (Lipinski definition) is 1. The van der Waals surface area contributed by atoms with Gasteiger partial charge in [-0.3, -0.25) is 9.59 Å². The Morgan fingerprint density at radius 2 is 2.16 bits per heavy atom. The Kier molecular flexibility index (Phi) is 2.50. The van der Waals surface area contributed by atoms with Crippen molar-refractivity contribution in [2.24, 2.45) is 5.73 Å². The van der Waals surface area contributed by atoms with Gasteiger partial charge in [0.25, 0.3) is 5.91 Å². The molecular weight excluding hydrogens is 248 g/mol. The Hall–Kier alpha value is -2.08. The molecule has 6 nitrogen and oxygen atoms in total. The summed E-state index contributed by atoms with van der Waals surface area (Å²) >= 11 is 0. The summed E-state index contributed by atoms with van der Waals surface area (Å²) in [4.78, 5) is 24.8. The van der Waals surface area contributed by atoms with Crippen LogP contribution in [0.3, 0.4) is 0 Å². The summed E-state index contributed by atoms with van der Waals surface area (Å²) in [6.07, 6.45) is 0. The van der Waals surface area contributed by atoms with Crippen molar-refractivity contribution in [1.82, 2.24) is 0 Å². The molecule has 0 aliphatic carbocycles. The molecule has 0 aromatic heterocycles. The first-order valence-corrected chi connectivity index (χ1v) is 5.96. The predicted octanol–water partition coefficient (Wildman–Crippen LogP) is -0.205. The van der Waals surface area contributed by atoms with Crippen LogP contribution in [0.1, 0.15) is 5.56 Å². The first-order valence-electron chi connectivity index (χ1n) is 5.96. The average molecular weight is 262 g/mol. The van der Waals surface area contributed by atoms with Crippen molar-refractivity contribution >= 4 is 17.5 Å². The molecule has 2 N–H and O–H groups in total. The van der Waals surface area contributed by atoms with E-state index in [4.69, 9.17) is 15.2 Å². The highest BCUT2D eigenvalue weighted by molar-refractivity contribution is 5.98. The third-order valence-corrected chi connectivity index (χ3v) is 3.77. The van der Waals surface area contributed by atoms with Crippen molar-refractivity contribution < 1.29 is 19.1 Å². The summed E-state index contributed by atoms with van der Waals surface area (Å²) in [5.74, 6) is 0.0951. The van der Waals surface area contributed by atoms with Gasteiger partial charge in [0.15, 0.2) is 6.61 Å². The number of amides is 2. The number of anilines is 1. The van der Waals surface area contributed by atoms with Crippen molar-refractivity contribution in [2.75, 3.05) is 31.8 Å². The molecule has 0 saturated carbocycles. The average Bonchev–Trinajstić information content (AvgIpc) is 2.32. The van der Waals surface area contributed by atoms with Gasteiger partial charge in [-0.1, -0.05) is 6.07 Å². The second-order valence-electron chi connectivity index (χ2n) is 4.86. The Bertz CT molecular complexity index is 566. The number of carbonyl (C=O) groups excluding carboxylic acids is 2. The van der Waals surface area contributed by atoms with Crippen LogP contribution in [0.15, 0.2) is 18.2 Å². The third-order valence-electron chi connectivity index (χ3n) is 3.77. The quantitative estimate of drug-likeness (QED) is 0.800. The van der Waals surface area contributed by atoms with Crippen molar-refractivity contribution in [3.05, 3.63) is 23.8 Å². The number of carbonyl (C=O) groups is 2. The van der Waals surface area contributed by atoms with Gasteiger partial charge in [0.2, 0.25) is 5.91 Å². The van der Waals surface area contributed by atoms with Gasteiger partial charge in [-0.15, -0.1) is 0 Å². The highest BCUT2D eigenvalue weighted by Crippen LogP contribution is 2.38. The van der Waals surface area contributed by atoms with Crippen LogP contribution in [0, 0.1) is 0 Å². The number of ether oxygens (including phenoxy) is 2. The molecule has 1 fully saturated rings. The number of fused-ring (bicyclic) bond motifs is 1. The van der Waals surface area contributed by atoms with Crippen LogP contribution in [0.2, 0.25) is 0 Å². The highest BCUT2D eigenvalue weighted by Gasteiger charge is 2.46. The summed E-state index contributed by atoms with van der Waals surface area (Å²) in [5, 5.41) is 0. The molecule has 6 heteroatoms. The van der Waals surface area contributed by atoms with Crippen LogP contribution in [-0.4, -0.2) is 38.7 Å². The largest absolute Gasteiger partial charge is 0.482 e. The lowest BCUT2D eigenvalue weighted by atomic mass is 9.77. The maximum atomic E-state index is 11.6. The highest BCUT2D eigenvalue weighted by atomic mass is 16.5. The van der Waals surface area contributed by atoms with E-state index in [1.807, 2.05) is 0 Å². The number of nitrogens with two attached hydrogens (primary N) is 1. The SMILES string of the molecule is CN1C(=O)COc2ccc(C3(C(N)=O)COC3)cc21. The summed E-state index contributed by atoms with van der Waals surface area (Å²) in [6.45, 7) is 0.589. The van der Waals surface area contributed by atoms with Crippen LogP contribution in [0.5, 0.6) is 5.75 Å². The van der Waals surface area contributed by atoms with Gasteiger partial charge >= 0.3 is 0 Å². The molecule has 0 bridgehead atoms. The Labute approximate surface area is 110 Å². The molecule has 1 aromatic rings. The van der Waals surface area contributed by atoms with E-state index in [1.54, 1.807) is 25.2 Å². The number of benzene rings is 1. The van der Waals surface area contributed by atoms with Crippen molar-refractivity contribution in [3.8, 4) is 5.75 Å². The monoisotopic (exact) mass is 262 g/mol. The minimum absolute atomic E-state index is 0.0346. The van der Waals surface area contributed by atoms with Gasteiger partial charge in [0.1, 0.15) is 11.2 Å². The first kappa shape index (κ1) is 12.0. The summed E-state index contributed by atoms with van der Waals surface area (Å²) < 4.78 is 10.5. The smallest absolute Gasteiger partial charge is 0.264 e. The Balaban J connectivity index is 2.06. The second-order valence-corrected chi connectivity index (χ2v) is 4.86. The number of primary amides is 1. The maximum absolute atomic E-state index is 11.6. The van der Waals surface area contributed by atoms with Crippen molar-refractivity contribution in [2.45, 2.75) is 5.41 Å². The lowest BCUT2D eigenvalue weighted by Crippen LogP contribution is -2.56. The zero-order chi connectivity index (χ0) is 13.6. The van der Waals surface area contributed by atoms with Gasteiger partial charge in [0, 0.05) is 7.05 Å². The molecule has 2 aliphatic rings. The summed E-state index contributed by atoms with van der Waals surface area (Å²) in [5.41, 5.74) is 6.10. The normalized spacial score (nSPS) is 20.3. The molecule has 100 valence electrons. The van der Waals surface area contributed by atoms with Gasteiger partial charge < -0.3 is 20.1 Å². The molecule has 0 atom stereocenters.